The summed E-state index contributed by atoms with van der Waals surface area (Å²) < 4.78 is 27.7. The van der Waals surface area contributed by atoms with E-state index in [1.807, 2.05) is 0 Å². The second-order valence-corrected chi connectivity index (χ2v) is 8.09. The number of carbonyl (C=O) groups is 4. The number of hydrogen-bond acceptors (Lipinski definition) is 9. The van der Waals surface area contributed by atoms with Gasteiger partial charge in [0, 0.05) is 6.92 Å². The zero-order valence-corrected chi connectivity index (χ0v) is 19.9. The summed E-state index contributed by atoms with van der Waals surface area (Å²) in [6.45, 7) is 0.796. The minimum Gasteiger partial charge on any atom is -0.459 e. The molecule has 190 valence electrons. The average Bonchev–Trinajstić information content (AvgIpc) is 3.23. The predicted octanol–water partition coefficient (Wildman–Crippen LogP) is 3.58. The molecule has 1 aliphatic heterocycles. The third-order valence-corrected chi connectivity index (χ3v) is 5.44. The summed E-state index contributed by atoms with van der Waals surface area (Å²) in [6, 6.07) is 24.6. The van der Waals surface area contributed by atoms with Crippen LogP contribution in [0.1, 0.15) is 38.0 Å². The zero-order chi connectivity index (χ0) is 26.2. The second-order valence-electron chi connectivity index (χ2n) is 8.09. The van der Waals surface area contributed by atoms with Crippen molar-refractivity contribution in [2.24, 2.45) is 0 Å². The molecule has 9 nitrogen and oxygen atoms in total. The van der Waals surface area contributed by atoms with Gasteiger partial charge in [-0.1, -0.05) is 54.6 Å². The molecule has 37 heavy (non-hydrogen) atoms. The van der Waals surface area contributed by atoms with Gasteiger partial charge < -0.3 is 23.7 Å². The molecule has 9 heteroatoms. The van der Waals surface area contributed by atoms with Gasteiger partial charge in [-0.3, -0.25) is 4.79 Å². The van der Waals surface area contributed by atoms with Crippen LogP contribution in [0.3, 0.4) is 0 Å². The highest BCUT2D eigenvalue weighted by atomic mass is 16.8. The smallest absolute Gasteiger partial charge is 0.338 e. The first kappa shape index (κ1) is 25.6. The molecule has 0 aliphatic carbocycles. The van der Waals surface area contributed by atoms with Gasteiger partial charge in [0.15, 0.2) is 6.10 Å². The van der Waals surface area contributed by atoms with Crippen LogP contribution in [-0.4, -0.2) is 55.1 Å². The summed E-state index contributed by atoms with van der Waals surface area (Å²) in [5.41, 5.74) is 0.782. The predicted molar refractivity (Wildman–Crippen MR) is 128 cm³/mol. The third kappa shape index (κ3) is 6.59. The first-order valence-corrected chi connectivity index (χ1v) is 11.5. The maximum absolute atomic E-state index is 12.9. The van der Waals surface area contributed by atoms with E-state index in [1.165, 1.54) is 0 Å². The summed E-state index contributed by atoms with van der Waals surface area (Å²) >= 11 is 0. The Morgan fingerprint density at radius 2 is 1.05 bits per heavy atom. The minimum atomic E-state index is -1.40. The van der Waals surface area contributed by atoms with E-state index < -0.39 is 48.5 Å². The van der Waals surface area contributed by atoms with Crippen LogP contribution < -0.4 is 0 Å². The zero-order valence-electron chi connectivity index (χ0n) is 19.9. The standard InChI is InChI=1S/C28H24O9/c1-18(29)34-28-24(37-27(32)21-15-9-4-10-16-21)23(36-26(31)20-13-7-3-8-14-20)22(35-28)17-33-25(30)19-11-5-2-6-12-19/h2-16,22-24,28H,17H2,1H3/t22-,23-,24+,28+/m0/s1. The lowest BCUT2D eigenvalue weighted by Gasteiger charge is -2.24. The van der Waals surface area contributed by atoms with Gasteiger partial charge in [0.1, 0.15) is 12.7 Å². The number of esters is 4. The number of ether oxygens (including phenoxy) is 5. The molecular weight excluding hydrogens is 480 g/mol. The summed E-state index contributed by atoms with van der Waals surface area (Å²) in [7, 11) is 0. The van der Waals surface area contributed by atoms with E-state index in [2.05, 4.69) is 0 Å². The molecule has 0 bridgehead atoms. The lowest BCUT2D eigenvalue weighted by molar-refractivity contribution is -0.187. The molecule has 0 spiro atoms. The summed E-state index contributed by atoms with van der Waals surface area (Å²) in [5.74, 6) is -2.81. The lowest BCUT2D eigenvalue weighted by Crippen LogP contribution is -2.42. The Hall–Kier alpha value is -4.50. The Labute approximate surface area is 212 Å². The molecule has 1 heterocycles. The van der Waals surface area contributed by atoms with Crippen LogP contribution in [-0.2, 0) is 28.5 Å². The van der Waals surface area contributed by atoms with Crippen LogP contribution in [0.2, 0.25) is 0 Å². The summed E-state index contributed by atoms with van der Waals surface area (Å²) in [4.78, 5) is 50.0. The van der Waals surface area contributed by atoms with Gasteiger partial charge in [-0.15, -0.1) is 0 Å². The molecule has 4 rings (SSSR count). The van der Waals surface area contributed by atoms with Gasteiger partial charge in [0.05, 0.1) is 16.7 Å². The largest absolute Gasteiger partial charge is 0.459 e. The first-order valence-electron chi connectivity index (χ1n) is 11.5. The SMILES string of the molecule is CC(=O)O[C@@H]1O[C@@H](COC(=O)c2ccccc2)[C@H](OC(=O)c2ccccc2)[C@H]1OC(=O)c1ccccc1. The molecule has 1 fully saturated rings. The van der Waals surface area contributed by atoms with E-state index >= 15 is 0 Å². The first-order chi connectivity index (χ1) is 17.9. The Balaban J connectivity index is 1.58. The Morgan fingerprint density at radius 1 is 0.622 bits per heavy atom. The minimum absolute atomic E-state index is 0.233. The molecule has 0 radical (unpaired) electrons. The molecule has 3 aromatic carbocycles. The van der Waals surface area contributed by atoms with Crippen LogP contribution in [0.25, 0.3) is 0 Å². The number of rotatable bonds is 8. The Bertz CT molecular complexity index is 1230. The van der Waals surface area contributed by atoms with Crippen molar-refractivity contribution in [3.05, 3.63) is 108 Å². The Kier molecular flexibility index (Phi) is 8.27. The van der Waals surface area contributed by atoms with Crippen molar-refractivity contribution >= 4 is 23.9 Å². The van der Waals surface area contributed by atoms with Gasteiger partial charge in [0.2, 0.25) is 12.4 Å². The normalized spacial score (nSPS) is 20.5. The van der Waals surface area contributed by atoms with Gasteiger partial charge in [-0.2, -0.15) is 0 Å². The molecule has 0 amide bonds. The van der Waals surface area contributed by atoms with E-state index in [-0.39, 0.29) is 17.7 Å². The van der Waals surface area contributed by atoms with Crippen molar-refractivity contribution in [2.75, 3.05) is 6.61 Å². The fourth-order valence-electron chi connectivity index (χ4n) is 3.70. The van der Waals surface area contributed by atoms with Crippen molar-refractivity contribution in [1.29, 1.82) is 0 Å². The highest BCUT2D eigenvalue weighted by molar-refractivity contribution is 5.91. The van der Waals surface area contributed by atoms with Gasteiger partial charge >= 0.3 is 23.9 Å². The monoisotopic (exact) mass is 504 g/mol. The topological polar surface area (TPSA) is 114 Å². The summed E-state index contributed by atoms with van der Waals surface area (Å²) in [5, 5.41) is 0. The quantitative estimate of drug-likeness (QED) is 0.335. The van der Waals surface area contributed by atoms with Crippen molar-refractivity contribution < 1.29 is 42.9 Å². The molecule has 1 aliphatic rings. The molecule has 0 saturated carbocycles. The average molecular weight is 504 g/mol. The molecule has 0 N–H and O–H groups in total. The van der Waals surface area contributed by atoms with Crippen LogP contribution >= 0.6 is 0 Å². The number of benzene rings is 3. The fourth-order valence-corrected chi connectivity index (χ4v) is 3.70. The van der Waals surface area contributed by atoms with Gasteiger partial charge in [0.25, 0.3) is 0 Å². The molecule has 0 unspecified atom stereocenters. The van der Waals surface area contributed by atoms with E-state index in [0.29, 0.717) is 5.56 Å². The van der Waals surface area contributed by atoms with E-state index in [9.17, 15) is 19.2 Å². The maximum atomic E-state index is 12.9. The van der Waals surface area contributed by atoms with Crippen LogP contribution in [0.15, 0.2) is 91.0 Å². The molecule has 4 atom stereocenters. The maximum Gasteiger partial charge on any atom is 0.338 e. The molecule has 0 aromatic heterocycles. The van der Waals surface area contributed by atoms with Crippen molar-refractivity contribution in [1.82, 2.24) is 0 Å². The Morgan fingerprint density at radius 3 is 1.51 bits per heavy atom. The molecular formula is C28H24O9. The third-order valence-electron chi connectivity index (χ3n) is 5.44. The highest BCUT2D eigenvalue weighted by Gasteiger charge is 2.52. The van der Waals surface area contributed by atoms with Crippen LogP contribution in [0, 0.1) is 0 Å². The van der Waals surface area contributed by atoms with E-state index in [0.717, 1.165) is 6.92 Å². The fraction of sp³-hybridized carbons (Fsp3) is 0.214. The molecule has 1 saturated heterocycles. The van der Waals surface area contributed by atoms with E-state index in [4.69, 9.17) is 23.7 Å². The van der Waals surface area contributed by atoms with Gasteiger partial charge in [-0.25, -0.2) is 14.4 Å². The summed E-state index contributed by atoms with van der Waals surface area (Å²) in [6.07, 6.45) is -5.09. The van der Waals surface area contributed by atoms with E-state index in [1.54, 1.807) is 91.0 Å². The van der Waals surface area contributed by atoms with Crippen molar-refractivity contribution in [3.8, 4) is 0 Å². The number of hydrogen-bond donors (Lipinski definition) is 0. The van der Waals surface area contributed by atoms with Crippen molar-refractivity contribution in [3.63, 3.8) is 0 Å². The highest BCUT2D eigenvalue weighted by Crippen LogP contribution is 2.30. The van der Waals surface area contributed by atoms with Gasteiger partial charge in [-0.05, 0) is 36.4 Å². The van der Waals surface area contributed by atoms with Crippen molar-refractivity contribution in [2.45, 2.75) is 31.5 Å². The molecule has 3 aromatic rings. The van der Waals surface area contributed by atoms with Crippen LogP contribution in [0.5, 0.6) is 0 Å². The van der Waals surface area contributed by atoms with Crippen LogP contribution in [0.4, 0.5) is 0 Å². The second kappa shape index (κ2) is 12.0. The number of carbonyl (C=O) groups excluding carboxylic acids is 4. The lowest BCUT2D eigenvalue weighted by atomic mass is 10.1.